The Labute approximate surface area is 135 Å². The summed E-state index contributed by atoms with van der Waals surface area (Å²) < 4.78 is 4.82. The molecule has 2 aromatic rings. The maximum atomic E-state index is 11.7. The number of ether oxygens (including phenoxy) is 1. The molecule has 0 aliphatic carbocycles. The highest BCUT2D eigenvalue weighted by Gasteiger charge is 2.13. The van der Waals surface area contributed by atoms with Gasteiger partial charge in [0.05, 0.1) is 21.2 Å². The van der Waals surface area contributed by atoms with Crippen LogP contribution in [0, 0.1) is 10.1 Å². The van der Waals surface area contributed by atoms with E-state index in [0.29, 0.717) is 0 Å². The zero-order chi connectivity index (χ0) is 16.8. The Morgan fingerprint density at radius 1 is 1.35 bits per heavy atom. The molecule has 0 spiro atoms. The van der Waals surface area contributed by atoms with Gasteiger partial charge >= 0.3 is 5.97 Å². The summed E-state index contributed by atoms with van der Waals surface area (Å²) in [6.07, 6.45) is 2.81. The van der Waals surface area contributed by atoms with E-state index in [4.69, 9.17) is 16.3 Å². The molecule has 23 heavy (non-hydrogen) atoms. The highest BCUT2D eigenvalue weighted by molar-refractivity contribution is 6.34. The maximum Gasteiger partial charge on any atom is 0.340 e. The van der Waals surface area contributed by atoms with Crippen molar-refractivity contribution >= 4 is 34.9 Å². The van der Waals surface area contributed by atoms with E-state index in [1.165, 1.54) is 30.6 Å². The second kappa shape index (κ2) is 7.32. The number of hydrogen-bond donors (Lipinski definition) is 1. The van der Waals surface area contributed by atoms with Crippen molar-refractivity contribution in [1.29, 1.82) is 0 Å². The number of halogens is 1. The normalized spacial score (nSPS) is 9.96. The van der Waals surface area contributed by atoms with Gasteiger partial charge < -0.3 is 10.1 Å². The van der Waals surface area contributed by atoms with Crippen LogP contribution in [-0.4, -0.2) is 28.4 Å². The van der Waals surface area contributed by atoms with Crippen LogP contribution in [0.4, 0.5) is 11.4 Å². The molecular weight excluding hydrogens is 326 g/mol. The van der Waals surface area contributed by atoms with Crippen LogP contribution in [0.3, 0.4) is 0 Å². The van der Waals surface area contributed by atoms with Gasteiger partial charge in [-0.2, -0.15) is 0 Å². The summed E-state index contributed by atoms with van der Waals surface area (Å²) in [7, 11) is 0. The Kier molecular flexibility index (Phi) is 5.21. The third-order valence-corrected chi connectivity index (χ3v) is 2.98. The van der Waals surface area contributed by atoms with Gasteiger partial charge in [-0.1, -0.05) is 11.6 Å². The molecule has 118 valence electrons. The van der Waals surface area contributed by atoms with Gasteiger partial charge in [-0.25, -0.2) is 4.79 Å². The summed E-state index contributed by atoms with van der Waals surface area (Å²) in [6, 6.07) is 6.66. The first-order valence-corrected chi connectivity index (χ1v) is 6.66. The summed E-state index contributed by atoms with van der Waals surface area (Å²) in [6.45, 7) is -0.527. The maximum absolute atomic E-state index is 11.7. The molecule has 1 N–H and O–H groups in total. The molecule has 2 rings (SSSR count). The monoisotopic (exact) mass is 335 g/mol. The summed E-state index contributed by atoms with van der Waals surface area (Å²) in [5.74, 6) is -1.32. The number of carbonyl (C=O) groups excluding carboxylic acids is 2. The number of hydrogen-bond acceptors (Lipinski definition) is 6. The molecular formula is C14H10ClN3O5. The number of nitro benzene ring substituents is 1. The van der Waals surface area contributed by atoms with Gasteiger partial charge in [-0.15, -0.1) is 0 Å². The zero-order valence-corrected chi connectivity index (χ0v) is 12.3. The number of rotatable bonds is 5. The molecule has 1 amide bonds. The number of anilines is 1. The first kappa shape index (κ1) is 16.4. The fraction of sp³-hybridized carbons (Fsp3) is 0.0714. The Balaban J connectivity index is 1.92. The molecule has 0 atom stereocenters. The van der Waals surface area contributed by atoms with E-state index < -0.39 is 23.4 Å². The third kappa shape index (κ3) is 4.48. The van der Waals surface area contributed by atoms with Gasteiger partial charge in [0, 0.05) is 24.5 Å². The van der Waals surface area contributed by atoms with E-state index in [0.717, 1.165) is 6.07 Å². The molecule has 1 heterocycles. The van der Waals surface area contributed by atoms with Gasteiger partial charge in [0.25, 0.3) is 11.6 Å². The van der Waals surface area contributed by atoms with Crippen molar-refractivity contribution in [2.24, 2.45) is 0 Å². The van der Waals surface area contributed by atoms with E-state index in [9.17, 15) is 19.7 Å². The molecule has 0 unspecified atom stereocenters. The highest BCUT2D eigenvalue weighted by atomic mass is 35.5. The van der Waals surface area contributed by atoms with Crippen LogP contribution in [0.5, 0.6) is 0 Å². The number of amides is 1. The van der Waals surface area contributed by atoms with Gasteiger partial charge in [-0.05, 0) is 18.2 Å². The average molecular weight is 336 g/mol. The topological polar surface area (TPSA) is 111 Å². The minimum atomic E-state index is -0.692. The van der Waals surface area contributed by atoms with Crippen LogP contribution < -0.4 is 5.32 Å². The van der Waals surface area contributed by atoms with Crippen molar-refractivity contribution < 1.29 is 19.2 Å². The van der Waals surface area contributed by atoms with E-state index in [1.54, 1.807) is 6.07 Å². The second-order valence-corrected chi connectivity index (χ2v) is 4.69. The summed E-state index contributed by atoms with van der Waals surface area (Å²) >= 11 is 5.84. The van der Waals surface area contributed by atoms with Gasteiger partial charge in [0.1, 0.15) is 0 Å². The first-order valence-electron chi connectivity index (χ1n) is 6.28. The molecule has 1 aromatic carbocycles. The predicted molar refractivity (Wildman–Crippen MR) is 81.3 cm³/mol. The predicted octanol–water partition coefficient (Wildman–Crippen LogP) is 2.44. The van der Waals surface area contributed by atoms with E-state index in [-0.39, 0.29) is 22.0 Å². The van der Waals surface area contributed by atoms with Crippen LogP contribution in [0.15, 0.2) is 42.7 Å². The molecule has 8 nitrogen and oxygen atoms in total. The fourth-order valence-electron chi connectivity index (χ4n) is 1.60. The molecule has 0 bridgehead atoms. The van der Waals surface area contributed by atoms with Crippen LogP contribution in [0.2, 0.25) is 5.02 Å². The number of aromatic nitrogens is 1. The lowest BCUT2D eigenvalue weighted by atomic mass is 10.3. The number of esters is 1. The summed E-state index contributed by atoms with van der Waals surface area (Å²) in [5, 5.41) is 13.0. The van der Waals surface area contributed by atoms with Crippen LogP contribution in [-0.2, 0) is 9.53 Å². The Bertz CT molecular complexity index is 751. The van der Waals surface area contributed by atoms with Crippen molar-refractivity contribution in [1.82, 2.24) is 4.98 Å². The highest BCUT2D eigenvalue weighted by Crippen LogP contribution is 2.26. The molecule has 0 aliphatic rings. The van der Waals surface area contributed by atoms with Crippen molar-refractivity contribution in [2.75, 3.05) is 11.9 Å². The van der Waals surface area contributed by atoms with E-state index >= 15 is 0 Å². The number of nitrogens with zero attached hydrogens (tertiary/aromatic N) is 2. The lowest BCUT2D eigenvalue weighted by Gasteiger charge is -2.08. The average Bonchev–Trinajstić information content (AvgIpc) is 2.55. The quantitative estimate of drug-likeness (QED) is 0.510. The second-order valence-electron chi connectivity index (χ2n) is 4.29. The van der Waals surface area contributed by atoms with Crippen molar-refractivity contribution in [3.63, 3.8) is 0 Å². The Morgan fingerprint density at radius 2 is 2.13 bits per heavy atom. The molecule has 0 aliphatic heterocycles. The van der Waals surface area contributed by atoms with Crippen LogP contribution >= 0.6 is 11.6 Å². The van der Waals surface area contributed by atoms with Crippen LogP contribution in [0.25, 0.3) is 0 Å². The number of carbonyl (C=O) groups is 2. The Morgan fingerprint density at radius 3 is 2.74 bits per heavy atom. The lowest BCUT2D eigenvalue weighted by molar-refractivity contribution is -0.384. The Hall–Kier alpha value is -3.00. The van der Waals surface area contributed by atoms with Crippen LogP contribution in [0.1, 0.15) is 10.4 Å². The number of nitro groups is 1. The van der Waals surface area contributed by atoms with E-state index in [1.807, 2.05) is 0 Å². The minimum absolute atomic E-state index is 0.00568. The number of pyridine rings is 1. The zero-order valence-electron chi connectivity index (χ0n) is 11.6. The molecule has 0 saturated carbocycles. The number of benzene rings is 1. The molecule has 0 fully saturated rings. The smallest absolute Gasteiger partial charge is 0.340 e. The lowest BCUT2D eigenvalue weighted by Crippen LogP contribution is -2.21. The molecule has 0 radical (unpaired) electrons. The summed E-state index contributed by atoms with van der Waals surface area (Å²) in [4.78, 5) is 37.1. The largest absolute Gasteiger partial charge is 0.452 e. The standard InChI is InChI=1S/C14H10ClN3O5/c15-11-6-10(18(21)22)3-4-12(11)17-13(19)8-23-14(20)9-2-1-5-16-7-9/h1-7H,8H2,(H,17,19). The number of nitrogens with one attached hydrogen (secondary N) is 1. The van der Waals surface area contributed by atoms with Crippen molar-refractivity contribution in [3.05, 3.63) is 63.4 Å². The molecule has 1 aromatic heterocycles. The van der Waals surface area contributed by atoms with E-state index in [2.05, 4.69) is 10.3 Å². The van der Waals surface area contributed by atoms with Crippen molar-refractivity contribution in [2.45, 2.75) is 0 Å². The van der Waals surface area contributed by atoms with Gasteiger partial charge in [0.15, 0.2) is 6.61 Å². The summed E-state index contributed by atoms with van der Waals surface area (Å²) in [5.41, 5.74) is 0.198. The number of non-ortho nitro benzene ring substituents is 1. The minimum Gasteiger partial charge on any atom is -0.452 e. The fourth-order valence-corrected chi connectivity index (χ4v) is 1.83. The van der Waals surface area contributed by atoms with Gasteiger partial charge in [0.2, 0.25) is 0 Å². The third-order valence-electron chi connectivity index (χ3n) is 2.67. The SMILES string of the molecule is O=C(COC(=O)c1cccnc1)Nc1ccc([N+](=O)[O-])cc1Cl. The molecule has 9 heteroatoms. The first-order chi connectivity index (χ1) is 11.0. The van der Waals surface area contributed by atoms with Gasteiger partial charge in [-0.3, -0.25) is 19.9 Å². The van der Waals surface area contributed by atoms with Crippen molar-refractivity contribution in [3.8, 4) is 0 Å². The molecule has 0 saturated heterocycles.